The van der Waals surface area contributed by atoms with Gasteiger partial charge >= 0.3 is 0 Å². The summed E-state index contributed by atoms with van der Waals surface area (Å²) >= 11 is 0. The molecule has 0 aliphatic heterocycles. The lowest BCUT2D eigenvalue weighted by atomic mass is 9.82. The second-order valence-corrected chi connectivity index (χ2v) is 3.53. The number of rotatable bonds is 1. The maximum absolute atomic E-state index is 4.00. The fourth-order valence-corrected chi connectivity index (χ4v) is 1.74. The molecule has 0 unspecified atom stereocenters. The van der Waals surface area contributed by atoms with Gasteiger partial charge in [-0.3, -0.25) is 0 Å². The Morgan fingerprint density at radius 3 is 1.83 bits per heavy atom. The Balaban J connectivity index is 0. The average Bonchev–Trinajstić information content (AvgIpc) is 2.10. The summed E-state index contributed by atoms with van der Waals surface area (Å²) in [4.78, 5) is 0. The smallest absolute Gasteiger partial charge is 0.0417 e. The first-order chi connectivity index (χ1) is 5.33. The third kappa shape index (κ3) is 5.24. The molecule has 0 atom stereocenters. The molecule has 72 valence electrons. The molecule has 0 aromatic heterocycles. The molecule has 0 saturated heterocycles. The molecule has 0 amide bonds. The monoisotopic (exact) mass is 168 g/mol. The van der Waals surface area contributed by atoms with Crippen molar-refractivity contribution in [2.24, 2.45) is 11.8 Å². The van der Waals surface area contributed by atoms with E-state index in [1.807, 2.05) is 0 Å². The summed E-state index contributed by atoms with van der Waals surface area (Å²) in [5, 5.41) is 0. The summed E-state index contributed by atoms with van der Waals surface area (Å²) in [5.74, 6) is 2.09. The van der Waals surface area contributed by atoms with Crippen molar-refractivity contribution in [1.82, 2.24) is 0 Å². The molecule has 1 saturated carbocycles. The first-order valence-electron chi connectivity index (χ1n) is 4.66. The third-order valence-corrected chi connectivity index (χ3v) is 2.71. The minimum Gasteiger partial charge on any atom is -0.124 e. The van der Waals surface area contributed by atoms with E-state index in [0.717, 1.165) is 11.8 Å². The van der Waals surface area contributed by atoms with Gasteiger partial charge in [-0.2, -0.15) is 0 Å². The highest BCUT2D eigenvalue weighted by atomic mass is 14.2. The molecular weight excluding hydrogens is 144 g/mol. The molecule has 0 N–H and O–H groups in total. The summed E-state index contributed by atoms with van der Waals surface area (Å²) in [5.41, 5.74) is 0. The van der Waals surface area contributed by atoms with Gasteiger partial charge in [0, 0.05) is 0 Å². The predicted octanol–water partition coefficient (Wildman–Crippen LogP) is 4.11. The van der Waals surface area contributed by atoms with Crippen LogP contribution >= 0.6 is 0 Å². The fraction of sp³-hybridized carbons (Fsp3) is 0.833. The second kappa shape index (κ2) is 8.65. The molecule has 0 radical (unpaired) electrons. The summed E-state index contributed by atoms with van der Waals surface area (Å²) in [6.45, 7) is 4.70. The van der Waals surface area contributed by atoms with Gasteiger partial charge in [-0.1, -0.05) is 53.4 Å². The summed E-state index contributed by atoms with van der Waals surface area (Å²) in [6, 6.07) is 0. The maximum atomic E-state index is 4.00. The zero-order valence-electron chi connectivity index (χ0n) is 7.84. The molecule has 12 heavy (non-hydrogen) atoms. The van der Waals surface area contributed by atoms with Gasteiger partial charge in [-0.15, -0.1) is 12.8 Å². The number of hydrogen-bond acceptors (Lipinski definition) is 0. The van der Waals surface area contributed by atoms with Crippen LogP contribution in [0.4, 0.5) is 0 Å². The molecule has 1 aliphatic rings. The Labute approximate surface area is 78.8 Å². The van der Waals surface area contributed by atoms with E-state index in [1.54, 1.807) is 0 Å². The Morgan fingerprint density at radius 1 is 1.08 bits per heavy atom. The lowest BCUT2D eigenvalue weighted by Crippen LogP contribution is -2.10. The van der Waals surface area contributed by atoms with Crippen LogP contribution in [0.25, 0.3) is 0 Å². The number of terminal acetylenes is 1. The van der Waals surface area contributed by atoms with Crippen LogP contribution in [0.1, 0.15) is 53.4 Å². The van der Waals surface area contributed by atoms with Crippen LogP contribution in [0, 0.1) is 24.7 Å². The minimum absolute atomic E-state index is 0. The molecule has 0 bridgehead atoms. The van der Waals surface area contributed by atoms with Crippen LogP contribution in [0.5, 0.6) is 0 Å². The lowest BCUT2D eigenvalue weighted by molar-refractivity contribution is 0.284. The molecular formula is C12H24. The molecule has 0 aromatic carbocycles. The van der Waals surface area contributed by atoms with E-state index in [0.29, 0.717) is 0 Å². The van der Waals surface area contributed by atoms with Crippen molar-refractivity contribution in [3.05, 3.63) is 0 Å². The van der Waals surface area contributed by atoms with Crippen molar-refractivity contribution in [2.75, 3.05) is 0 Å². The summed E-state index contributed by atoms with van der Waals surface area (Å²) in [7, 11) is 0. The molecule has 1 rings (SSSR count). The molecule has 1 fully saturated rings. The van der Waals surface area contributed by atoms with E-state index in [4.69, 9.17) is 0 Å². The van der Waals surface area contributed by atoms with Crippen LogP contribution in [-0.4, -0.2) is 0 Å². The molecule has 1 aliphatic carbocycles. The van der Waals surface area contributed by atoms with Crippen LogP contribution in [0.3, 0.4) is 0 Å². The van der Waals surface area contributed by atoms with Crippen LogP contribution in [0.15, 0.2) is 0 Å². The average molecular weight is 168 g/mol. The van der Waals surface area contributed by atoms with Crippen LogP contribution in [-0.2, 0) is 0 Å². The molecule has 0 spiro atoms. The highest BCUT2D eigenvalue weighted by molar-refractivity contribution is 4.68. The molecule has 0 heteroatoms. The normalized spacial score (nSPS) is 27.7. The summed E-state index contributed by atoms with van der Waals surface area (Å²) in [6.07, 6.45) is 15.4. The Hall–Kier alpha value is -0.440. The summed E-state index contributed by atoms with van der Waals surface area (Å²) < 4.78 is 0. The standard InChI is InChI=1S/C9H18.C2H2.CH4/c1-3-9-6-4-8(2)5-7-9;1-2;/h8-9H,3-7H2,1-2H3;1-2H;1H4. The second-order valence-electron chi connectivity index (χ2n) is 3.53. The first-order valence-corrected chi connectivity index (χ1v) is 4.66. The largest absolute Gasteiger partial charge is 0.124 e. The molecule has 0 heterocycles. The van der Waals surface area contributed by atoms with Gasteiger partial charge in [0.15, 0.2) is 0 Å². The van der Waals surface area contributed by atoms with Crippen molar-refractivity contribution in [2.45, 2.75) is 53.4 Å². The van der Waals surface area contributed by atoms with Gasteiger partial charge < -0.3 is 0 Å². The maximum Gasteiger partial charge on any atom is -0.0417 e. The topological polar surface area (TPSA) is 0 Å². The van der Waals surface area contributed by atoms with Crippen molar-refractivity contribution in [1.29, 1.82) is 0 Å². The molecule has 0 aromatic rings. The quantitative estimate of drug-likeness (QED) is 0.517. The Kier molecular flexibility index (Phi) is 10.2. The molecule has 0 nitrogen and oxygen atoms in total. The van der Waals surface area contributed by atoms with E-state index >= 15 is 0 Å². The van der Waals surface area contributed by atoms with Crippen molar-refractivity contribution < 1.29 is 0 Å². The van der Waals surface area contributed by atoms with E-state index in [-0.39, 0.29) is 7.43 Å². The zero-order valence-corrected chi connectivity index (χ0v) is 7.84. The highest BCUT2D eigenvalue weighted by Crippen LogP contribution is 2.29. The van der Waals surface area contributed by atoms with Gasteiger partial charge in [0.2, 0.25) is 0 Å². The van der Waals surface area contributed by atoms with E-state index < -0.39 is 0 Å². The Bertz CT molecular complexity index is 93.9. The van der Waals surface area contributed by atoms with Crippen LogP contribution in [0.2, 0.25) is 0 Å². The number of hydrogen-bond donors (Lipinski definition) is 0. The van der Waals surface area contributed by atoms with Gasteiger partial charge in [-0.25, -0.2) is 0 Å². The van der Waals surface area contributed by atoms with Gasteiger partial charge in [0.25, 0.3) is 0 Å². The van der Waals surface area contributed by atoms with Gasteiger partial charge in [0.1, 0.15) is 0 Å². The minimum atomic E-state index is 0. The Morgan fingerprint density at radius 2 is 1.50 bits per heavy atom. The van der Waals surface area contributed by atoms with E-state index in [1.165, 1.54) is 32.1 Å². The lowest BCUT2D eigenvalue weighted by Gasteiger charge is -2.24. The fourth-order valence-electron chi connectivity index (χ4n) is 1.74. The van der Waals surface area contributed by atoms with Gasteiger partial charge in [0.05, 0.1) is 0 Å². The van der Waals surface area contributed by atoms with Crippen molar-refractivity contribution in [3.8, 4) is 12.8 Å². The van der Waals surface area contributed by atoms with E-state index in [9.17, 15) is 0 Å². The third-order valence-electron chi connectivity index (χ3n) is 2.71. The predicted molar refractivity (Wildman–Crippen MR) is 58.0 cm³/mol. The first kappa shape index (κ1) is 14.1. The van der Waals surface area contributed by atoms with Crippen molar-refractivity contribution in [3.63, 3.8) is 0 Å². The zero-order chi connectivity index (χ0) is 8.69. The van der Waals surface area contributed by atoms with Crippen molar-refractivity contribution >= 4 is 0 Å². The van der Waals surface area contributed by atoms with E-state index in [2.05, 4.69) is 26.7 Å². The highest BCUT2D eigenvalue weighted by Gasteiger charge is 2.15. The van der Waals surface area contributed by atoms with Crippen LogP contribution < -0.4 is 0 Å². The SMILES string of the molecule is C.C#C.CCC1CCC(C)CC1. The van der Waals surface area contributed by atoms with Gasteiger partial charge in [-0.05, 0) is 11.8 Å².